The summed E-state index contributed by atoms with van der Waals surface area (Å²) in [5.74, 6) is 0.213. The van der Waals surface area contributed by atoms with Crippen LogP contribution in [0, 0.1) is 0 Å². The van der Waals surface area contributed by atoms with Gasteiger partial charge in [-0.2, -0.15) is 21.9 Å². The van der Waals surface area contributed by atoms with Crippen molar-refractivity contribution in [2.24, 2.45) is 0 Å². The van der Waals surface area contributed by atoms with Gasteiger partial charge in [-0.1, -0.05) is 30.3 Å². The van der Waals surface area contributed by atoms with Crippen LogP contribution in [0.15, 0.2) is 71.5 Å². The highest BCUT2D eigenvalue weighted by atomic mass is 32.1. The Kier molecular flexibility index (Phi) is 4.82. The van der Waals surface area contributed by atoms with E-state index in [1.165, 1.54) is 16.7 Å². The first-order chi connectivity index (χ1) is 15.4. The lowest BCUT2D eigenvalue weighted by molar-refractivity contribution is -0.137. The third kappa shape index (κ3) is 3.67. The first-order valence-corrected chi connectivity index (χ1v) is 10.2. The molecule has 0 bridgehead atoms. The summed E-state index contributed by atoms with van der Waals surface area (Å²) in [4.78, 5) is 17.8. The van der Waals surface area contributed by atoms with Crippen molar-refractivity contribution in [2.75, 3.05) is 0 Å². The zero-order valence-corrected chi connectivity index (χ0v) is 17.1. The van der Waals surface area contributed by atoms with Gasteiger partial charge in [0, 0.05) is 0 Å². The molecule has 2 heterocycles. The van der Waals surface area contributed by atoms with Crippen LogP contribution in [-0.4, -0.2) is 18.3 Å². The smallest absolute Gasteiger partial charge is 0.268 e. The van der Waals surface area contributed by atoms with Crippen LogP contribution in [0.4, 0.5) is 13.2 Å². The zero-order chi connectivity index (χ0) is 22.3. The van der Waals surface area contributed by atoms with Crippen LogP contribution in [0.25, 0.3) is 39.8 Å². The molecule has 0 aliphatic heterocycles. The summed E-state index contributed by atoms with van der Waals surface area (Å²) in [5, 5.41) is 0.317. The van der Waals surface area contributed by atoms with Crippen LogP contribution in [0.1, 0.15) is 17.0 Å². The molecule has 0 saturated heterocycles. The van der Waals surface area contributed by atoms with Crippen molar-refractivity contribution >= 4 is 45.8 Å². The number of alkyl halides is 3. The largest absolute Gasteiger partial charge is 0.416 e. The molecule has 158 valence electrons. The predicted octanol–water partition coefficient (Wildman–Crippen LogP) is 5.58. The van der Waals surface area contributed by atoms with E-state index in [4.69, 9.17) is 0 Å². The van der Waals surface area contributed by atoms with E-state index in [9.17, 15) is 18.0 Å². The molecule has 0 saturated carbocycles. The Hall–Kier alpha value is -3.85. The fourth-order valence-electron chi connectivity index (χ4n) is 3.41. The van der Waals surface area contributed by atoms with Gasteiger partial charge >= 0.3 is 6.18 Å². The molecule has 0 radical (unpaired) electrons. The lowest BCUT2D eigenvalue weighted by Gasteiger charge is -2.13. The SMILES string of the molecule is O=c1c2ccccc2nc(C=Cc2ccc3nsnc3c2)n1-c1cccc(C(F)(F)F)c1. The quantitative estimate of drug-likeness (QED) is 0.360. The molecule has 0 N–H and O–H groups in total. The number of fused-ring (bicyclic) bond motifs is 2. The first kappa shape index (κ1) is 20.1. The summed E-state index contributed by atoms with van der Waals surface area (Å²) in [6, 6.07) is 16.9. The summed E-state index contributed by atoms with van der Waals surface area (Å²) >= 11 is 1.11. The van der Waals surface area contributed by atoms with Gasteiger partial charge in [-0.25, -0.2) is 4.98 Å². The molecule has 0 aliphatic rings. The van der Waals surface area contributed by atoms with E-state index >= 15 is 0 Å². The van der Waals surface area contributed by atoms with Crippen molar-refractivity contribution in [3.63, 3.8) is 0 Å². The van der Waals surface area contributed by atoms with Gasteiger partial charge in [0.2, 0.25) is 0 Å². The van der Waals surface area contributed by atoms with Gasteiger partial charge in [0.05, 0.1) is 33.9 Å². The Labute approximate surface area is 183 Å². The number of hydrogen-bond donors (Lipinski definition) is 0. The molecule has 5 aromatic rings. The van der Waals surface area contributed by atoms with Gasteiger partial charge in [0.1, 0.15) is 16.9 Å². The molecule has 2 aromatic heterocycles. The highest BCUT2D eigenvalue weighted by molar-refractivity contribution is 7.00. The van der Waals surface area contributed by atoms with Gasteiger partial charge in [-0.15, -0.1) is 0 Å². The molecule has 3 aromatic carbocycles. The second kappa shape index (κ2) is 7.69. The van der Waals surface area contributed by atoms with Gasteiger partial charge in [-0.3, -0.25) is 9.36 Å². The van der Waals surface area contributed by atoms with Gasteiger partial charge < -0.3 is 0 Å². The number of rotatable bonds is 3. The van der Waals surface area contributed by atoms with E-state index in [-0.39, 0.29) is 11.5 Å². The molecule has 5 nitrogen and oxygen atoms in total. The van der Waals surface area contributed by atoms with Crippen LogP contribution in [0.5, 0.6) is 0 Å². The monoisotopic (exact) mass is 450 g/mol. The van der Waals surface area contributed by atoms with Crippen LogP contribution < -0.4 is 5.56 Å². The van der Waals surface area contributed by atoms with Crippen molar-refractivity contribution in [1.82, 2.24) is 18.3 Å². The molecule has 0 atom stereocenters. The number of nitrogens with zero attached hydrogens (tertiary/aromatic N) is 4. The Balaban J connectivity index is 1.70. The van der Waals surface area contributed by atoms with Gasteiger partial charge in [0.25, 0.3) is 5.56 Å². The summed E-state index contributed by atoms with van der Waals surface area (Å²) in [5.41, 5.74) is 1.56. The maximum Gasteiger partial charge on any atom is 0.416 e. The van der Waals surface area contributed by atoms with Crippen LogP contribution in [0.2, 0.25) is 0 Å². The lowest BCUT2D eigenvalue weighted by Crippen LogP contribution is -2.22. The molecule has 9 heteroatoms. The van der Waals surface area contributed by atoms with Crippen molar-refractivity contribution in [2.45, 2.75) is 6.18 Å². The third-order valence-corrected chi connectivity index (χ3v) is 5.49. The van der Waals surface area contributed by atoms with Crippen LogP contribution in [0.3, 0.4) is 0 Å². The van der Waals surface area contributed by atoms with E-state index in [1.54, 1.807) is 36.4 Å². The highest BCUT2D eigenvalue weighted by Crippen LogP contribution is 2.30. The second-order valence-corrected chi connectivity index (χ2v) is 7.55. The molecule has 0 amide bonds. The van der Waals surface area contributed by atoms with Crippen molar-refractivity contribution in [1.29, 1.82) is 0 Å². The minimum Gasteiger partial charge on any atom is -0.268 e. The highest BCUT2D eigenvalue weighted by Gasteiger charge is 2.30. The van der Waals surface area contributed by atoms with E-state index in [0.29, 0.717) is 10.9 Å². The van der Waals surface area contributed by atoms with Gasteiger partial charge in [0.15, 0.2) is 0 Å². The van der Waals surface area contributed by atoms with Crippen molar-refractivity contribution < 1.29 is 13.2 Å². The number of halogens is 3. The number of aromatic nitrogens is 4. The number of para-hydroxylation sites is 1. The standard InChI is InChI=1S/C23H13F3N4OS/c24-23(25,26)15-4-3-5-16(13-15)30-21(27-18-7-2-1-6-17(18)22(30)31)11-9-14-8-10-19-20(12-14)29-32-28-19/h1-13H. The summed E-state index contributed by atoms with van der Waals surface area (Å²) in [7, 11) is 0. The minimum atomic E-state index is -4.53. The predicted molar refractivity (Wildman–Crippen MR) is 119 cm³/mol. The molecule has 5 rings (SSSR count). The van der Waals surface area contributed by atoms with E-state index < -0.39 is 17.3 Å². The Morgan fingerprint density at radius 2 is 1.66 bits per heavy atom. The molecule has 32 heavy (non-hydrogen) atoms. The fraction of sp³-hybridized carbons (Fsp3) is 0.0435. The fourth-order valence-corrected chi connectivity index (χ4v) is 3.92. The topological polar surface area (TPSA) is 60.7 Å². The van der Waals surface area contributed by atoms with E-state index in [0.717, 1.165) is 40.5 Å². The summed E-state index contributed by atoms with van der Waals surface area (Å²) in [6.07, 6.45) is -1.19. The average molecular weight is 450 g/mol. The van der Waals surface area contributed by atoms with E-state index in [2.05, 4.69) is 13.7 Å². The molecular weight excluding hydrogens is 437 g/mol. The van der Waals surface area contributed by atoms with E-state index in [1.807, 2.05) is 18.2 Å². The number of benzene rings is 3. The van der Waals surface area contributed by atoms with Crippen molar-refractivity contribution in [3.05, 3.63) is 94.0 Å². The second-order valence-electron chi connectivity index (χ2n) is 7.02. The molecule has 0 unspecified atom stereocenters. The molecule has 0 fully saturated rings. The third-order valence-electron chi connectivity index (χ3n) is 4.94. The summed E-state index contributed by atoms with van der Waals surface area (Å²) < 4.78 is 49.4. The Morgan fingerprint density at radius 3 is 2.50 bits per heavy atom. The average Bonchev–Trinajstić information content (AvgIpc) is 3.25. The first-order valence-electron chi connectivity index (χ1n) is 9.50. The zero-order valence-electron chi connectivity index (χ0n) is 16.2. The minimum absolute atomic E-state index is 0.0851. The molecular formula is C23H13F3N4OS. The van der Waals surface area contributed by atoms with Gasteiger partial charge in [-0.05, 0) is 54.1 Å². The Bertz CT molecular complexity index is 1550. The summed E-state index contributed by atoms with van der Waals surface area (Å²) in [6.45, 7) is 0. The maximum absolute atomic E-state index is 13.3. The molecule has 0 spiro atoms. The normalized spacial score (nSPS) is 12.2. The maximum atomic E-state index is 13.3. The van der Waals surface area contributed by atoms with Crippen LogP contribution >= 0.6 is 11.7 Å². The lowest BCUT2D eigenvalue weighted by atomic mass is 10.1. The Morgan fingerprint density at radius 1 is 0.844 bits per heavy atom. The van der Waals surface area contributed by atoms with Crippen molar-refractivity contribution in [3.8, 4) is 5.69 Å². The van der Waals surface area contributed by atoms with Crippen LogP contribution in [-0.2, 0) is 6.18 Å². The number of hydrogen-bond acceptors (Lipinski definition) is 5. The molecule has 0 aliphatic carbocycles.